The summed E-state index contributed by atoms with van der Waals surface area (Å²) in [4.78, 5) is 16.3. The lowest BCUT2D eigenvalue weighted by atomic mass is 9.93. The number of amides is 1. The Bertz CT molecular complexity index is 671. The summed E-state index contributed by atoms with van der Waals surface area (Å²) in [6.45, 7) is 5.46. The third-order valence-corrected chi connectivity index (χ3v) is 5.52. The molecule has 1 N–H and O–H groups in total. The molecule has 2 aromatic rings. The molecule has 1 aromatic carbocycles. The summed E-state index contributed by atoms with van der Waals surface area (Å²) in [5, 5.41) is 5.40. The third kappa shape index (κ3) is 4.48. The molecule has 1 unspecified atom stereocenters. The van der Waals surface area contributed by atoms with Gasteiger partial charge in [0.25, 0.3) is 0 Å². The zero-order valence-corrected chi connectivity index (χ0v) is 15.6. The topological polar surface area (TPSA) is 41.6 Å². The molecular weight excluding hydrogens is 332 g/mol. The second-order valence-electron chi connectivity index (χ2n) is 6.18. The number of benzene rings is 1. The fraction of sp³-hybridized carbons (Fsp3) is 0.450. The van der Waals surface area contributed by atoms with Crippen LogP contribution in [0.5, 0.6) is 0 Å². The van der Waals surface area contributed by atoms with Crippen LogP contribution in [0.25, 0.3) is 0 Å². The molecule has 0 saturated heterocycles. The van der Waals surface area contributed by atoms with Crippen LogP contribution >= 0.6 is 11.3 Å². The standard InChI is InChI=1S/C20H26N2O2S/c1-2-24-13-6-11-21-15-19(23)22-12-9-18-17(10-14-25-18)20(22)16-7-4-3-5-8-16/h3-5,7-8,10,14,20-21H,2,6,9,11-13,15H2,1H3. The largest absolute Gasteiger partial charge is 0.382 e. The van der Waals surface area contributed by atoms with Crippen molar-refractivity contribution in [1.29, 1.82) is 0 Å². The van der Waals surface area contributed by atoms with E-state index in [2.05, 4.69) is 28.9 Å². The molecule has 1 amide bonds. The summed E-state index contributed by atoms with van der Waals surface area (Å²) in [7, 11) is 0. The van der Waals surface area contributed by atoms with Crippen LogP contribution in [0.1, 0.15) is 35.4 Å². The van der Waals surface area contributed by atoms with Gasteiger partial charge in [0, 0.05) is 24.6 Å². The van der Waals surface area contributed by atoms with Crippen LogP contribution in [0, 0.1) is 0 Å². The Morgan fingerprint density at radius 3 is 2.96 bits per heavy atom. The minimum Gasteiger partial charge on any atom is -0.382 e. The second kappa shape index (κ2) is 9.13. The molecular formula is C20H26N2O2S. The van der Waals surface area contributed by atoms with Crippen LogP contribution in [0.4, 0.5) is 0 Å². The average molecular weight is 359 g/mol. The van der Waals surface area contributed by atoms with Crippen LogP contribution in [-0.4, -0.2) is 43.7 Å². The van der Waals surface area contributed by atoms with Crippen LogP contribution < -0.4 is 5.32 Å². The molecule has 1 atom stereocenters. The van der Waals surface area contributed by atoms with Gasteiger partial charge >= 0.3 is 0 Å². The van der Waals surface area contributed by atoms with Crippen molar-refractivity contribution in [2.24, 2.45) is 0 Å². The maximum absolute atomic E-state index is 12.8. The number of thiophene rings is 1. The first-order chi connectivity index (χ1) is 12.3. The predicted molar refractivity (Wildman–Crippen MR) is 102 cm³/mol. The smallest absolute Gasteiger partial charge is 0.237 e. The van der Waals surface area contributed by atoms with E-state index in [1.165, 1.54) is 16.0 Å². The van der Waals surface area contributed by atoms with Crippen molar-refractivity contribution < 1.29 is 9.53 Å². The molecule has 4 nitrogen and oxygen atoms in total. The van der Waals surface area contributed by atoms with E-state index in [9.17, 15) is 4.79 Å². The van der Waals surface area contributed by atoms with Gasteiger partial charge < -0.3 is 15.0 Å². The maximum atomic E-state index is 12.8. The van der Waals surface area contributed by atoms with Gasteiger partial charge in [0.2, 0.25) is 5.91 Å². The Morgan fingerprint density at radius 1 is 1.32 bits per heavy atom. The average Bonchev–Trinajstić information content (AvgIpc) is 3.13. The summed E-state index contributed by atoms with van der Waals surface area (Å²) in [6, 6.07) is 12.6. The highest BCUT2D eigenvalue weighted by molar-refractivity contribution is 7.10. The predicted octanol–water partition coefficient (Wildman–Crippen LogP) is 3.24. The van der Waals surface area contributed by atoms with Crippen molar-refractivity contribution in [3.63, 3.8) is 0 Å². The highest BCUT2D eigenvalue weighted by Gasteiger charge is 2.32. The van der Waals surface area contributed by atoms with Crippen molar-refractivity contribution in [2.75, 3.05) is 32.8 Å². The second-order valence-corrected chi connectivity index (χ2v) is 7.18. The molecule has 3 rings (SSSR count). The molecule has 1 aromatic heterocycles. The van der Waals surface area contributed by atoms with Crippen LogP contribution in [0.3, 0.4) is 0 Å². The first kappa shape index (κ1) is 18.1. The Morgan fingerprint density at radius 2 is 2.16 bits per heavy atom. The maximum Gasteiger partial charge on any atom is 0.237 e. The molecule has 1 aliphatic rings. The van der Waals surface area contributed by atoms with Gasteiger partial charge in [-0.25, -0.2) is 0 Å². The van der Waals surface area contributed by atoms with E-state index < -0.39 is 0 Å². The van der Waals surface area contributed by atoms with Gasteiger partial charge in [0.15, 0.2) is 0 Å². The molecule has 5 heteroatoms. The van der Waals surface area contributed by atoms with Gasteiger partial charge in [0.05, 0.1) is 12.6 Å². The van der Waals surface area contributed by atoms with Crippen LogP contribution in [0.2, 0.25) is 0 Å². The van der Waals surface area contributed by atoms with Gasteiger partial charge in [-0.3, -0.25) is 4.79 Å². The molecule has 0 spiro atoms. The van der Waals surface area contributed by atoms with Crippen molar-refractivity contribution in [3.05, 3.63) is 57.8 Å². The van der Waals surface area contributed by atoms with Gasteiger partial charge in [-0.2, -0.15) is 0 Å². The van der Waals surface area contributed by atoms with E-state index in [0.29, 0.717) is 6.54 Å². The SMILES string of the molecule is CCOCCCNCC(=O)N1CCc2sccc2C1c1ccccc1. The summed E-state index contributed by atoms with van der Waals surface area (Å²) in [6.07, 6.45) is 1.88. The number of carbonyl (C=O) groups is 1. The molecule has 0 radical (unpaired) electrons. The van der Waals surface area contributed by atoms with E-state index in [-0.39, 0.29) is 11.9 Å². The zero-order chi connectivity index (χ0) is 17.5. The molecule has 1 aliphatic heterocycles. The molecule has 0 saturated carbocycles. The normalized spacial score (nSPS) is 16.7. The van der Waals surface area contributed by atoms with E-state index >= 15 is 0 Å². The van der Waals surface area contributed by atoms with Gasteiger partial charge in [0.1, 0.15) is 0 Å². The highest BCUT2D eigenvalue weighted by Crippen LogP contribution is 2.37. The first-order valence-corrected chi connectivity index (χ1v) is 9.88. The summed E-state index contributed by atoms with van der Waals surface area (Å²) in [5.41, 5.74) is 2.47. The minimum absolute atomic E-state index is 0.0360. The number of nitrogens with one attached hydrogen (secondary N) is 1. The monoisotopic (exact) mass is 358 g/mol. The highest BCUT2D eigenvalue weighted by atomic mass is 32.1. The number of carbonyl (C=O) groups excluding carboxylic acids is 1. The van der Waals surface area contributed by atoms with Crippen LogP contribution in [-0.2, 0) is 16.0 Å². The van der Waals surface area contributed by atoms with Gasteiger partial charge in [-0.05, 0) is 48.9 Å². The number of hydrogen-bond donors (Lipinski definition) is 1. The Kier molecular flexibility index (Phi) is 6.62. The van der Waals surface area contributed by atoms with Crippen molar-refractivity contribution in [3.8, 4) is 0 Å². The summed E-state index contributed by atoms with van der Waals surface area (Å²) >= 11 is 1.80. The Balaban J connectivity index is 1.66. The number of hydrogen-bond acceptors (Lipinski definition) is 4. The first-order valence-electron chi connectivity index (χ1n) is 9.00. The number of ether oxygens (including phenoxy) is 1. The van der Waals surface area contributed by atoms with E-state index in [4.69, 9.17) is 4.74 Å². The number of fused-ring (bicyclic) bond motifs is 1. The molecule has 0 bridgehead atoms. The molecule has 2 heterocycles. The van der Waals surface area contributed by atoms with Crippen molar-refractivity contribution in [2.45, 2.75) is 25.8 Å². The molecule has 25 heavy (non-hydrogen) atoms. The third-order valence-electron chi connectivity index (χ3n) is 4.52. The quantitative estimate of drug-likeness (QED) is 0.737. The van der Waals surface area contributed by atoms with Crippen molar-refractivity contribution in [1.82, 2.24) is 10.2 Å². The Hall–Kier alpha value is -1.69. The summed E-state index contributed by atoms with van der Waals surface area (Å²) < 4.78 is 5.33. The van der Waals surface area contributed by atoms with Gasteiger partial charge in [-0.15, -0.1) is 11.3 Å². The Labute approximate surface area is 153 Å². The fourth-order valence-electron chi connectivity index (χ4n) is 3.32. The van der Waals surface area contributed by atoms with Crippen LogP contribution in [0.15, 0.2) is 41.8 Å². The summed E-state index contributed by atoms with van der Waals surface area (Å²) in [5.74, 6) is 0.169. The number of rotatable bonds is 8. The fourth-order valence-corrected chi connectivity index (χ4v) is 4.22. The number of nitrogens with zero attached hydrogens (tertiary/aromatic N) is 1. The van der Waals surface area contributed by atoms with Gasteiger partial charge in [-0.1, -0.05) is 30.3 Å². The van der Waals surface area contributed by atoms with E-state index in [0.717, 1.165) is 39.1 Å². The lowest BCUT2D eigenvalue weighted by Crippen LogP contribution is -2.44. The molecule has 134 valence electrons. The zero-order valence-electron chi connectivity index (χ0n) is 14.7. The van der Waals surface area contributed by atoms with E-state index in [1.807, 2.05) is 30.0 Å². The molecule has 0 fully saturated rings. The van der Waals surface area contributed by atoms with Crippen molar-refractivity contribution >= 4 is 17.2 Å². The lowest BCUT2D eigenvalue weighted by Gasteiger charge is -2.36. The van der Waals surface area contributed by atoms with E-state index in [1.54, 1.807) is 11.3 Å². The molecule has 0 aliphatic carbocycles. The lowest BCUT2D eigenvalue weighted by molar-refractivity contribution is -0.132. The minimum atomic E-state index is 0.0360.